The molecule has 6 heteroatoms. The van der Waals surface area contributed by atoms with Gasteiger partial charge in [0.2, 0.25) is 5.91 Å². The molecule has 1 aliphatic rings. The monoisotopic (exact) mass is 476 g/mol. The summed E-state index contributed by atoms with van der Waals surface area (Å²) in [6.07, 6.45) is 2.63. The summed E-state index contributed by atoms with van der Waals surface area (Å²) in [4.78, 5) is 14.0. The van der Waals surface area contributed by atoms with E-state index in [2.05, 4.69) is 13.8 Å². The minimum Gasteiger partial charge on any atom is -0.342 e. The van der Waals surface area contributed by atoms with Crippen molar-refractivity contribution in [1.29, 1.82) is 5.26 Å². The fourth-order valence-electron chi connectivity index (χ4n) is 3.22. The molecule has 0 bridgehead atoms. The van der Waals surface area contributed by atoms with E-state index < -0.39 is 0 Å². The lowest BCUT2D eigenvalue weighted by molar-refractivity contribution is -0.139. The van der Waals surface area contributed by atoms with Gasteiger partial charge in [0.1, 0.15) is 17.7 Å². The fourth-order valence-corrected chi connectivity index (χ4v) is 3.50. The van der Waals surface area contributed by atoms with E-state index in [1.807, 2.05) is 37.8 Å². The van der Waals surface area contributed by atoms with Crippen LogP contribution in [0.1, 0.15) is 64.2 Å². The highest BCUT2D eigenvalue weighted by Gasteiger charge is 2.33. The van der Waals surface area contributed by atoms with E-state index in [1.165, 1.54) is 12.5 Å². The average molecular weight is 477 g/mol. The van der Waals surface area contributed by atoms with Crippen molar-refractivity contribution in [2.75, 3.05) is 13.1 Å². The summed E-state index contributed by atoms with van der Waals surface area (Å²) in [5.74, 6) is 0.318. The van der Waals surface area contributed by atoms with E-state index >= 15 is 0 Å². The number of halogens is 3. The second kappa shape index (κ2) is 13.3. The van der Waals surface area contributed by atoms with Gasteiger partial charge >= 0.3 is 0 Å². The van der Waals surface area contributed by atoms with E-state index in [1.54, 1.807) is 19.1 Å². The van der Waals surface area contributed by atoms with Crippen molar-refractivity contribution in [2.24, 2.45) is 11.3 Å². The molecule has 1 amide bonds. The minimum absolute atomic E-state index is 0.163. The molecule has 0 saturated carbocycles. The molecule has 1 unspecified atom stereocenters. The quantitative estimate of drug-likeness (QED) is 0.465. The molecule has 1 atom stereocenters. The standard InChI is InChI=1S/C11H21NO.C8H6ClN.C8H8F2/c1-5-11(3,4)10(13)12-7-6-9(2)8-12;1-6-2-3-7(5-10)8(9)4-6;1-2-6-5-7(9)3-4-8(6)10/h9H,5-8H2,1-4H3;2-4H,1H3;3-5H,2H2,1H3. The molecule has 1 heterocycles. The van der Waals surface area contributed by atoms with Crippen LogP contribution in [0.3, 0.4) is 0 Å². The van der Waals surface area contributed by atoms with Crippen LogP contribution < -0.4 is 0 Å². The zero-order chi connectivity index (χ0) is 25.2. The van der Waals surface area contributed by atoms with Crippen molar-refractivity contribution in [3.63, 3.8) is 0 Å². The predicted molar refractivity (Wildman–Crippen MR) is 131 cm³/mol. The second-order valence-corrected chi connectivity index (χ2v) is 9.47. The highest BCUT2D eigenvalue weighted by Crippen LogP contribution is 2.26. The fraction of sp³-hybridized carbons (Fsp3) is 0.481. The largest absolute Gasteiger partial charge is 0.342 e. The van der Waals surface area contributed by atoms with Gasteiger partial charge in [-0.15, -0.1) is 0 Å². The second-order valence-electron chi connectivity index (χ2n) is 9.07. The Morgan fingerprint density at radius 3 is 2.33 bits per heavy atom. The molecular formula is C27H35ClF2N2O. The van der Waals surface area contributed by atoms with Crippen molar-refractivity contribution in [2.45, 2.75) is 60.8 Å². The Bertz CT molecular complexity index is 960. The molecule has 1 fully saturated rings. The third kappa shape index (κ3) is 9.14. The van der Waals surface area contributed by atoms with E-state index in [0.717, 1.165) is 37.2 Å². The Kier molecular flexibility index (Phi) is 11.5. The van der Waals surface area contributed by atoms with E-state index in [9.17, 15) is 13.6 Å². The lowest BCUT2D eigenvalue weighted by atomic mass is 9.88. The van der Waals surface area contributed by atoms with Crippen LogP contribution in [0, 0.1) is 41.2 Å². The van der Waals surface area contributed by atoms with Gasteiger partial charge in [0.25, 0.3) is 0 Å². The first-order valence-electron chi connectivity index (χ1n) is 11.3. The van der Waals surface area contributed by atoms with Gasteiger partial charge in [0, 0.05) is 18.5 Å². The maximum atomic E-state index is 12.6. The van der Waals surface area contributed by atoms with Crippen LogP contribution in [0.25, 0.3) is 0 Å². The molecule has 0 aromatic heterocycles. The number of carbonyl (C=O) groups is 1. The van der Waals surface area contributed by atoms with Crippen LogP contribution in [0.5, 0.6) is 0 Å². The van der Waals surface area contributed by atoms with Gasteiger partial charge in [0.15, 0.2) is 0 Å². The molecule has 1 saturated heterocycles. The number of aryl methyl sites for hydroxylation is 2. The Hall–Kier alpha value is -2.45. The summed E-state index contributed by atoms with van der Waals surface area (Å²) in [7, 11) is 0. The summed E-state index contributed by atoms with van der Waals surface area (Å²) in [5, 5.41) is 9.00. The normalized spacial score (nSPS) is 15.0. The van der Waals surface area contributed by atoms with Gasteiger partial charge in [-0.25, -0.2) is 8.78 Å². The van der Waals surface area contributed by atoms with Crippen molar-refractivity contribution < 1.29 is 13.6 Å². The summed E-state index contributed by atoms with van der Waals surface area (Å²) in [6, 6.07) is 10.8. The summed E-state index contributed by atoms with van der Waals surface area (Å²) in [5.41, 5.74) is 1.88. The first-order chi connectivity index (χ1) is 15.4. The van der Waals surface area contributed by atoms with Gasteiger partial charge < -0.3 is 4.90 Å². The van der Waals surface area contributed by atoms with Crippen molar-refractivity contribution in [3.05, 3.63) is 69.7 Å². The highest BCUT2D eigenvalue weighted by molar-refractivity contribution is 6.31. The number of benzene rings is 2. The number of likely N-dealkylation sites (tertiary alicyclic amines) is 1. The van der Waals surface area contributed by atoms with Gasteiger partial charge in [-0.05, 0) is 73.6 Å². The Morgan fingerprint density at radius 1 is 1.21 bits per heavy atom. The van der Waals surface area contributed by atoms with E-state index in [4.69, 9.17) is 16.9 Å². The van der Waals surface area contributed by atoms with Crippen LogP contribution in [0.15, 0.2) is 36.4 Å². The van der Waals surface area contributed by atoms with Gasteiger partial charge in [-0.2, -0.15) is 5.26 Å². The molecule has 1 aliphatic heterocycles. The summed E-state index contributed by atoms with van der Waals surface area (Å²) < 4.78 is 25.0. The molecule has 0 aliphatic carbocycles. The van der Waals surface area contributed by atoms with Crippen molar-refractivity contribution in [1.82, 2.24) is 4.90 Å². The van der Waals surface area contributed by atoms with Crippen LogP contribution >= 0.6 is 11.6 Å². The molecule has 3 rings (SSSR count). The first kappa shape index (κ1) is 28.6. The highest BCUT2D eigenvalue weighted by atomic mass is 35.5. The zero-order valence-electron chi connectivity index (χ0n) is 20.5. The number of rotatable bonds is 3. The van der Waals surface area contributed by atoms with E-state index in [0.29, 0.717) is 34.4 Å². The molecule has 0 N–H and O–H groups in total. The predicted octanol–water partition coefficient (Wildman–Crippen LogP) is 7.34. The lowest BCUT2D eigenvalue weighted by Gasteiger charge is -2.28. The van der Waals surface area contributed by atoms with Crippen LogP contribution in [0.2, 0.25) is 5.02 Å². The summed E-state index contributed by atoms with van der Waals surface area (Å²) in [6.45, 7) is 14.0. The Balaban J connectivity index is 0.000000251. The molecular weight excluding hydrogens is 442 g/mol. The minimum atomic E-state index is -0.377. The average Bonchev–Trinajstić information content (AvgIpc) is 3.22. The molecule has 0 radical (unpaired) electrons. The number of carbonyl (C=O) groups excluding carboxylic acids is 1. The molecule has 0 spiro atoms. The number of hydrogen-bond acceptors (Lipinski definition) is 2. The third-order valence-corrected chi connectivity index (χ3v) is 6.12. The van der Waals surface area contributed by atoms with Crippen molar-refractivity contribution >= 4 is 17.5 Å². The molecule has 2 aromatic rings. The maximum absolute atomic E-state index is 12.6. The first-order valence-corrected chi connectivity index (χ1v) is 11.7. The number of nitrogens with zero attached hydrogens (tertiary/aromatic N) is 2. The van der Waals surface area contributed by atoms with Crippen LogP contribution in [-0.2, 0) is 11.2 Å². The Labute approximate surface area is 202 Å². The maximum Gasteiger partial charge on any atom is 0.228 e. The van der Waals surface area contributed by atoms with E-state index in [-0.39, 0.29) is 17.0 Å². The van der Waals surface area contributed by atoms with Crippen LogP contribution in [-0.4, -0.2) is 23.9 Å². The summed E-state index contributed by atoms with van der Waals surface area (Å²) >= 11 is 5.71. The SMILES string of the molecule is CCC(C)(C)C(=O)N1CCC(C)C1.CCc1cc(F)ccc1F.Cc1ccc(C#N)c(Cl)c1. The topological polar surface area (TPSA) is 44.1 Å². The lowest BCUT2D eigenvalue weighted by Crippen LogP contribution is -2.39. The third-order valence-electron chi connectivity index (χ3n) is 5.81. The molecule has 2 aromatic carbocycles. The van der Waals surface area contributed by atoms with Gasteiger partial charge in [-0.1, -0.05) is 52.3 Å². The zero-order valence-corrected chi connectivity index (χ0v) is 21.3. The van der Waals surface area contributed by atoms with Crippen LogP contribution in [0.4, 0.5) is 8.78 Å². The number of hydrogen-bond donors (Lipinski definition) is 0. The Morgan fingerprint density at radius 2 is 1.88 bits per heavy atom. The number of amides is 1. The molecule has 33 heavy (non-hydrogen) atoms. The molecule has 3 nitrogen and oxygen atoms in total. The smallest absolute Gasteiger partial charge is 0.228 e. The van der Waals surface area contributed by atoms with Gasteiger partial charge in [0.05, 0.1) is 10.6 Å². The molecule has 180 valence electrons. The van der Waals surface area contributed by atoms with Crippen molar-refractivity contribution in [3.8, 4) is 6.07 Å². The van der Waals surface area contributed by atoms with Gasteiger partial charge in [-0.3, -0.25) is 4.79 Å². The number of nitriles is 1.